The minimum atomic E-state index is -2.93. The second-order valence-electron chi connectivity index (χ2n) is 5.85. The molecule has 1 aliphatic carbocycles. The molecule has 3 rings (SSSR count). The minimum absolute atomic E-state index is 0.0318. The van der Waals surface area contributed by atoms with Gasteiger partial charge in [0, 0.05) is 22.5 Å². The SMILES string of the molecule is O=C(NCc1cc(Br)ccc1OC(F)F)C1CC1c1ccc(F)cc1. The molecule has 0 bridgehead atoms. The highest BCUT2D eigenvalue weighted by Crippen LogP contribution is 2.47. The third-order valence-corrected chi connectivity index (χ3v) is 4.61. The topological polar surface area (TPSA) is 38.3 Å². The molecule has 7 heteroatoms. The van der Waals surface area contributed by atoms with Crippen LogP contribution in [0, 0.1) is 11.7 Å². The number of hydrogen-bond acceptors (Lipinski definition) is 2. The van der Waals surface area contributed by atoms with Crippen LogP contribution in [-0.4, -0.2) is 12.5 Å². The summed E-state index contributed by atoms with van der Waals surface area (Å²) < 4.78 is 43.0. The number of alkyl halides is 2. The first kappa shape index (κ1) is 17.8. The summed E-state index contributed by atoms with van der Waals surface area (Å²) in [5.74, 6) is -0.551. The van der Waals surface area contributed by atoms with Crippen molar-refractivity contribution in [1.82, 2.24) is 5.32 Å². The molecule has 132 valence electrons. The molecule has 1 fully saturated rings. The number of ether oxygens (including phenoxy) is 1. The summed E-state index contributed by atoms with van der Waals surface area (Å²) in [6, 6.07) is 10.7. The fourth-order valence-electron chi connectivity index (χ4n) is 2.77. The Morgan fingerprint density at radius 1 is 1.24 bits per heavy atom. The Labute approximate surface area is 151 Å². The Bertz CT molecular complexity index is 767. The monoisotopic (exact) mass is 413 g/mol. The summed E-state index contributed by atoms with van der Waals surface area (Å²) in [6.07, 6.45) is 0.691. The van der Waals surface area contributed by atoms with Gasteiger partial charge in [-0.1, -0.05) is 28.1 Å². The maximum absolute atomic E-state index is 12.9. The highest BCUT2D eigenvalue weighted by Gasteiger charge is 2.43. The average Bonchev–Trinajstić information content (AvgIpc) is 3.36. The normalized spacial score (nSPS) is 18.9. The molecule has 2 atom stereocenters. The zero-order chi connectivity index (χ0) is 18.0. The van der Waals surface area contributed by atoms with Crippen molar-refractivity contribution in [3.8, 4) is 5.75 Å². The van der Waals surface area contributed by atoms with Crippen LogP contribution in [0.5, 0.6) is 5.75 Å². The first-order chi connectivity index (χ1) is 11.9. The number of rotatable bonds is 6. The predicted octanol–water partition coefficient (Wildman–Crippen LogP) is 4.61. The van der Waals surface area contributed by atoms with E-state index < -0.39 is 6.61 Å². The molecule has 2 unspecified atom stereocenters. The molecule has 0 radical (unpaired) electrons. The maximum Gasteiger partial charge on any atom is 0.387 e. The van der Waals surface area contributed by atoms with E-state index in [1.165, 1.54) is 18.2 Å². The molecule has 3 nitrogen and oxygen atoms in total. The summed E-state index contributed by atoms with van der Waals surface area (Å²) in [4.78, 5) is 12.3. The van der Waals surface area contributed by atoms with Crippen LogP contribution < -0.4 is 10.1 Å². The molecule has 1 saturated carbocycles. The smallest absolute Gasteiger partial charge is 0.387 e. The number of amides is 1. The zero-order valence-electron chi connectivity index (χ0n) is 13.0. The summed E-state index contributed by atoms with van der Waals surface area (Å²) in [5, 5.41) is 2.75. The van der Waals surface area contributed by atoms with Gasteiger partial charge in [0.05, 0.1) is 0 Å². The lowest BCUT2D eigenvalue weighted by Gasteiger charge is -2.12. The molecule has 25 heavy (non-hydrogen) atoms. The Morgan fingerprint density at radius 3 is 2.64 bits per heavy atom. The molecule has 1 N–H and O–H groups in total. The Kier molecular flexibility index (Phi) is 5.32. The molecule has 2 aromatic rings. The number of benzene rings is 2. The van der Waals surface area contributed by atoms with Crippen LogP contribution in [0.25, 0.3) is 0 Å². The van der Waals surface area contributed by atoms with Crippen molar-refractivity contribution in [3.63, 3.8) is 0 Å². The highest BCUT2D eigenvalue weighted by molar-refractivity contribution is 9.10. The Morgan fingerprint density at radius 2 is 1.96 bits per heavy atom. The predicted molar refractivity (Wildman–Crippen MR) is 89.9 cm³/mol. The van der Waals surface area contributed by atoms with Gasteiger partial charge in [0.15, 0.2) is 0 Å². The number of hydrogen-bond donors (Lipinski definition) is 1. The third kappa shape index (κ3) is 4.54. The molecule has 0 heterocycles. The fourth-order valence-corrected chi connectivity index (χ4v) is 3.18. The van der Waals surface area contributed by atoms with Crippen LogP contribution in [0.4, 0.5) is 13.2 Å². The number of carbonyl (C=O) groups excluding carboxylic acids is 1. The first-order valence-corrected chi connectivity index (χ1v) is 8.50. The minimum Gasteiger partial charge on any atom is -0.434 e. The average molecular weight is 414 g/mol. The molecule has 0 aromatic heterocycles. The molecule has 1 aliphatic rings. The van der Waals surface area contributed by atoms with Crippen molar-refractivity contribution in [3.05, 3.63) is 63.9 Å². The molecule has 2 aromatic carbocycles. The van der Waals surface area contributed by atoms with Crippen molar-refractivity contribution >= 4 is 21.8 Å². The van der Waals surface area contributed by atoms with Gasteiger partial charge >= 0.3 is 6.61 Å². The Hall–Kier alpha value is -2.02. The van der Waals surface area contributed by atoms with Crippen LogP contribution in [-0.2, 0) is 11.3 Å². The zero-order valence-corrected chi connectivity index (χ0v) is 14.6. The fraction of sp³-hybridized carbons (Fsp3) is 0.278. The third-order valence-electron chi connectivity index (χ3n) is 4.12. The standard InChI is InChI=1S/C18H15BrF3NO2/c19-12-3-6-16(25-18(21)22)11(7-12)9-23-17(24)15-8-14(15)10-1-4-13(20)5-2-10/h1-7,14-15,18H,8-9H2,(H,23,24). The number of carbonyl (C=O) groups is 1. The van der Waals surface area contributed by atoms with Gasteiger partial charge in [0.25, 0.3) is 0 Å². The second-order valence-corrected chi connectivity index (χ2v) is 6.76. The summed E-state index contributed by atoms with van der Waals surface area (Å²) in [6.45, 7) is -2.84. The van der Waals surface area contributed by atoms with E-state index in [9.17, 15) is 18.0 Å². The maximum atomic E-state index is 12.9. The molecule has 0 spiro atoms. The van der Waals surface area contributed by atoms with Crippen molar-refractivity contribution in [1.29, 1.82) is 0 Å². The van der Waals surface area contributed by atoms with E-state index in [4.69, 9.17) is 0 Å². The van der Waals surface area contributed by atoms with Crippen LogP contribution in [0.2, 0.25) is 0 Å². The van der Waals surface area contributed by atoms with E-state index >= 15 is 0 Å². The van der Waals surface area contributed by atoms with E-state index in [1.807, 2.05) is 0 Å². The lowest BCUT2D eigenvalue weighted by Crippen LogP contribution is -2.25. The summed E-state index contributed by atoms with van der Waals surface area (Å²) >= 11 is 3.27. The van der Waals surface area contributed by atoms with Crippen molar-refractivity contribution in [2.75, 3.05) is 0 Å². The van der Waals surface area contributed by atoms with Crippen LogP contribution in [0.3, 0.4) is 0 Å². The van der Waals surface area contributed by atoms with E-state index in [-0.39, 0.29) is 35.9 Å². The highest BCUT2D eigenvalue weighted by atomic mass is 79.9. The molecular weight excluding hydrogens is 399 g/mol. The van der Waals surface area contributed by atoms with Crippen LogP contribution in [0.15, 0.2) is 46.9 Å². The van der Waals surface area contributed by atoms with Crippen molar-refractivity contribution < 1.29 is 22.7 Å². The van der Waals surface area contributed by atoms with Crippen LogP contribution in [0.1, 0.15) is 23.5 Å². The number of halogens is 4. The van der Waals surface area contributed by atoms with Gasteiger partial charge in [-0.05, 0) is 48.2 Å². The van der Waals surface area contributed by atoms with Gasteiger partial charge in [0.1, 0.15) is 11.6 Å². The van der Waals surface area contributed by atoms with Crippen molar-refractivity contribution in [2.24, 2.45) is 5.92 Å². The van der Waals surface area contributed by atoms with E-state index in [0.717, 1.165) is 5.56 Å². The lowest BCUT2D eigenvalue weighted by atomic mass is 10.1. The van der Waals surface area contributed by atoms with E-state index in [1.54, 1.807) is 24.3 Å². The first-order valence-electron chi connectivity index (χ1n) is 7.70. The number of nitrogens with one attached hydrogen (secondary N) is 1. The second kappa shape index (κ2) is 7.47. The van der Waals surface area contributed by atoms with Gasteiger partial charge in [-0.15, -0.1) is 0 Å². The van der Waals surface area contributed by atoms with E-state index in [2.05, 4.69) is 26.0 Å². The quantitative estimate of drug-likeness (QED) is 0.750. The summed E-state index contributed by atoms with van der Waals surface area (Å²) in [7, 11) is 0. The van der Waals surface area contributed by atoms with Gasteiger partial charge in [-0.2, -0.15) is 8.78 Å². The van der Waals surface area contributed by atoms with Crippen LogP contribution >= 0.6 is 15.9 Å². The van der Waals surface area contributed by atoms with Gasteiger partial charge in [-0.3, -0.25) is 4.79 Å². The molecule has 0 saturated heterocycles. The van der Waals surface area contributed by atoms with Gasteiger partial charge < -0.3 is 10.1 Å². The van der Waals surface area contributed by atoms with Crippen molar-refractivity contribution in [2.45, 2.75) is 25.5 Å². The summed E-state index contributed by atoms with van der Waals surface area (Å²) in [5.41, 5.74) is 1.38. The molecular formula is C18H15BrF3NO2. The van der Waals surface area contributed by atoms with E-state index in [0.29, 0.717) is 16.5 Å². The van der Waals surface area contributed by atoms with Gasteiger partial charge in [0.2, 0.25) is 5.91 Å². The lowest BCUT2D eigenvalue weighted by molar-refractivity contribution is -0.122. The molecule has 1 amide bonds. The Balaban J connectivity index is 1.60. The van der Waals surface area contributed by atoms with Gasteiger partial charge in [-0.25, -0.2) is 4.39 Å². The molecule has 0 aliphatic heterocycles. The largest absolute Gasteiger partial charge is 0.434 e.